The summed E-state index contributed by atoms with van der Waals surface area (Å²) in [6.07, 6.45) is 0.779. The van der Waals surface area contributed by atoms with Gasteiger partial charge in [-0.2, -0.15) is 12.6 Å². The maximum absolute atomic E-state index is 14.1. The molecule has 8 amide bonds. The summed E-state index contributed by atoms with van der Waals surface area (Å²) in [5, 5.41) is 43.3. The van der Waals surface area contributed by atoms with E-state index >= 15 is 0 Å². The van der Waals surface area contributed by atoms with E-state index in [0.717, 1.165) is 0 Å². The molecule has 2 rings (SSSR count). The smallest absolute Gasteiger partial charge is 0.326 e. The zero-order valence-electron chi connectivity index (χ0n) is 39.6. The van der Waals surface area contributed by atoms with Crippen molar-refractivity contribution in [1.29, 1.82) is 0 Å². The summed E-state index contributed by atoms with van der Waals surface area (Å²) in [6.45, 7) is 4.62. The van der Waals surface area contributed by atoms with Gasteiger partial charge >= 0.3 is 11.9 Å². The van der Waals surface area contributed by atoms with E-state index in [2.05, 4.69) is 54.5 Å². The number of aliphatic hydroxyl groups excluding tert-OH is 1. The molecule has 2 aliphatic heterocycles. The first-order valence-corrected chi connectivity index (χ1v) is 23.5. The highest BCUT2D eigenvalue weighted by Gasteiger charge is 2.43. The number of aliphatic carboxylic acids is 2. The third-order valence-corrected chi connectivity index (χ3v) is 11.5. The number of aliphatic imine (C=N–C) groups is 2. The second-order valence-electron chi connectivity index (χ2n) is 17.4. The van der Waals surface area contributed by atoms with E-state index in [1.807, 2.05) is 0 Å². The lowest BCUT2D eigenvalue weighted by atomic mass is 10.0. The van der Waals surface area contributed by atoms with Crippen molar-refractivity contribution in [2.45, 2.75) is 139 Å². The highest BCUT2D eigenvalue weighted by atomic mass is 32.1. The number of aliphatic hydroxyl groups is 1. The Balaban J connectivity index is 2.26. The fourth-order valence-electron chi connectivity index (χ4n) is 7.68. The van der Waals surface area contributed by atoms with Gasteiger partial charge in [0.15, 0.2) is 11.9 Å². The Morgan fingerprint density at radius 3 is 1.60 bits per heavy atom. The van der Waals surface area contributed by atoms with Crippen LogP contribution in [0, 0.1) is 5.92 Å². The van der Waals surface area contributed by atoms with Crippen molar-refractivity contribution in [2.24, 2.45) is 44.6 Å². The average molecular weight is 1010 g/mol. The molecule has 394 valence electrons. The summed E-state index contributed by atoms with van der Waals surface area (Å²) >= 11 is 4.15. The lowest BCUT2D eigenvalue weighted by Crippen LogP contribution is -2.61. The van der Waals surface area contributed by atoms with Gasteiger partial charge in [-0.25, -0.2) is 4.79 Å². The quantitative estimate of drug-likeness (QED) is 0.0143. The molecule has 2 aliphatic rings. The Bertz CT molecular complexity index is 1930. The standard InChI is InChI=1S/C41H71N15O13S/c1-20(2)16-24(51-31(60)22(8-4-12-47-40(43)44)49-36(65)28-10-6-14-55(28)38(67)29-11-7-15-56(29)37(66)21(3)42)32(61)54-27(19-70)35(64)52-25(17-30(58)59)33(62)53-26(18-57)34(63)50-23(39(68)69)9-5-13-48-41(45)46/h20-29,57,70H,4-19,42H2,1-3H3,(H,49,65)(H,50,63)(H,51,60)(H,52,64)(H,53,62)(H,54,61)(H,58,59)(H,68,69)(H4,43,44,47)(H4,45,46,48)/t21-,22-,23-,24-,25-,26-,27-,28-,29-/m0/s1. The van der Waals surface area contributed by atoms with Crippen LogP contribution >= 0.6 is 12.6 Å². The molecule has 19 N–H and O–H groups in total. The number of carbonyl (C=O) groups excluding carboxylic acids is 8. The number of hydrogen-bond donors (Lipinski definition) is 15. The van der Waals surface area contributed by atoms with Gasteiger partial charge in [0, 0.05) is 31.9 Å². The Morgan fingerprint density at radius 1 is 0.629 bits per heavy atom. The van der Waals surface area contributed by atoms with Crippen LogP contribution in [0.4, 0.5) is 0 Å². The van der Waals surface area contributed by atoms with Gasteiger partial charge in [0.1, 0.15) is 48.3 Å². The van der Waals surface area contributed by atoms with Gasteiger partial charge in [0.2, 0.25) is 47.3 Å². The monoisotopic (exact) mass is 1010 g/mol. The molecule has 28 nitrogen and oxygen atoms in total. The molecule has 0 aliphatic carbocycles. The first-order valence-electron chi connectivity index (χ1n) is 22.9. The minimum Gasteiger partial charge on any atom is -0.481 e. The van der Waals surface area contributed by atoms with Crippen molar-refractivity contribution in [2.75, 3.05) is 38.5 Å². The summed E-state index contributed by atoms with van der Waals surface area (Å²) in [5.74, 6) is -10.8. The number of amides is 8. The van der Waals surface area contributed by atoms with Crippen molar-refractivity contribution in [1.82, 2.24) is 41.7 Å². The molecule has 2 fully saturated rings. The van der Waals surface area contributed by atoms with Crippen LogP contribution in [0.3, 0.4) is 0 Å². The van der Waals surface area contributed by atoms with E-state index in [1.165, 1.54) is 16.7 Å². The van der Waals surface area contributed by atoms with Gasteiger partial charge < -0.3 is 85.7 Å². The average Bonchev–Trinajstić information content (AvgIpc) is 3.99. The molecule has 0 aromatic carbocycles. The molecule has 0 aromatic rings. The predicted octanol–water partition coefficient (Wildman–Crippen LogP) is -6.14. The van der Waals surface area contributed by atoms with Gasteiger partial charge in [0.25, 0.3) is 0 Å². The summed E-state index contributed by atoms with van der Waals surface area (Å²) < 4.78 is 0. The number of nitrogens with one attached hydrogen (secondary N) is 6. The van der Waals surface area contributed by atoms with Gasteiger partial charge in [0.05, 0.1) is 19.1 Å². The molecular weight excluding hydrogens is 943 g/mol. The second kappa shape index (κ2) is 29.5. The molecule has 9 atom stereocenters. The molecule has 0 unspecified atom stereocenters. The lowest BCUT2D eigenvalue weighted by molar-refractivity contribution is -0.147. The van der Waals surface area contributed by atoms with Crippen molar-refractivity contribution < 1.29 is 63.3 Å². The van der Waals surface area contributed by atoms with Crippen LogP contribution in [-0.2, 0) is 47.9 Å². The minimum absolute atomic E-state index is 0.00371. The molecular formula is C41H71N15O13S. The summed E-state index contributed by atoms with van der Waals surface area (Å²) in [5.41, 5.74) is 27.3. The van der Waals surface area contributed by atoms with Gasteiger partial charge in [-0.3, -0.25) is 53.1 Å². The number of nitrogens with zero attached hydrogens (tertiary/aromatic N) is 4. The van der Waals surface area contributed by atoms with E-state index in [0.29, 0.717) is 25.8 Å². The van der Waals surface area contributed by atoms with Crippen LogP contribution in [0.5, 0.6) is 0 Å². The zero-order chi connectivity index (χ0) is 52.8. The van der Waals surface area contributed by atoms with Crippen LogP contribution in [-0.4, -0.2) is 189 Å². The van der Waals surface area contributed by atoms with Crippen molar-refractivity contribution in [3.8, 4) is 0 Å². The molecule has 2 heterocycles. The van der Waals surface area contributed by atoms with Gasteiger partial charge in [-0.1, -0.05) is 13.8 Å². The minimum atomic E-state index is -1.91. The number of carbonyl (C=O) groups is 10. The predicted molar refractivity (Wildman–Crippen MR) is 255 cm³/mol. The number of carboxylic acids is 2. The second-order valence-corrected chi connectivity index (χ2v) is 17.7. The topological polar surface area (TPSA) is 465 Å². The number of likely N-dealkylation sites (tertiary alicyclic amines) is 2. The highest BCUT2D eigenvalue weighted by Crippen LogP contribution is 2.26. The fourth-order valence-corrected chi connectivity index (χ4v) is 7.94. The highest BCUT2D eigenvalue weighted by molar-refractivity contribution is 7.80. The van der Waals surface area contributed by atoms with E-state index in [-0.39, 0.29) is 81.9 Å². The molecule has 0 aromatic heterocycles. The van der Waals surface area contributed by atoms with Crippen molar-refractivity contribution >= 4 is 83.7 Å². The third kappa shape index (κ3) is 19.5. The zero-order valence-corrected chi connectivity index (χ0v) is 40.5. The third-order valence-electron chi connectivity index (χ3n) is 11.2. The maximum atomic E-state index is 14.1. The number of hydrogen-bond acceptors (Lipinski definition) is 15. The molecule has 0 bridgehead atoms. The molecule has 0 radical (unpaired) electrons. The Hall–Kier alpha value is -6.49. The number of thiol groups is 1. The first-order chi connectivity index (χ1) is 32.9. The largest absolute Gasteiger partial charge is 0.481 e. The van der Waals surface area contributed by atoms with E-state index < -0.39 is 126 Å². The van der Waals surface area contributed by atoms with Crippen LogP contribution in [0.25, 0.3) is 0 Å². The molecule has 0 saturated carbocycles. The number of rotatable bonds is 29. The normalized spacial score (nSPS) is 18.4. The fraction of sp³-hybridized carbons (Fsp3) is 0.707. The van der Waals surface area contributed by atoms with E-state index in [4.69, 9.17) is 28.7 Å². The number of nitrogens with two attached hydrogens (primary N) is 5. The molecule has 0 spiro atoms. The van der Waals surface area contributed by atoms with E-state index in [9.17, 15) is 63.3 Å². The lowest BCUT2D eigenvalue weighted by Gasteiger charge is -2.32. The molecule has 2 saturated heterocycles. The number of guanidine groups is 2. The van der Waals surface area contributed by atoms with Crippen LogP contribution in [0.1, 0.15) is 85.0 Å². The molecule has 29 heteroatoms. The Morgan fingerprint density at radius 2 is 1.09 bits per heavy atom. The van der Waals surface area contributed by atoms with Crippen molar-refractivity contribution in [3.05, 3.63) is 0 Å². The van der Waals surface area contributed by atoms with Crippen LogP contribution in [0.2, 0.25) is 0 Å². The van der Waals surface area contributed by atoms with Crippen molar-refractivity contribution in [3.63, 3.8) is 0 Å². The first kappa shape index (κ1) is 59.6. The van der Waals surface area contributed by atoms with E-state index in [1.54, 1.807) is 13.8 Å². The van der Waals surface area contributed by atoms with Gasteiger partial charge in [-0.05, 0) is 70.6 Å². The van der Waals surface area contributed by atoms with Gasteiger partial charge in [-0.15, -0.1) is 0 Å². The number of carboxylic acid groups (broad SMARTS) is 2. The summed E-state index contributed by atoms with van der Waals surface area (Å²) in [6, 6.07) is -12.0. The summed E-state index contributed by atoms with van der Waals surface area (Å²) in [4.78, 5) is 142. The van der Waals surface area contributed by atoms with Crippen LogP contribution in [0.15, 0.2) is 9.98 Å². The SMILES string of the molecule is CC(C)C[C@H](NC(=O)[C@H](CCCN=C(N)N)NC(=O)[C@@H]1CCCN1C(=O)[C@@H]1CCCN1C(=O)[C@H](C)N)C(=O)N[C@@H](CS)C(=O)N[C@@H](CC(=O)O)C(=O)N[C@@H](CO)C(=O)N[C@@H](CCCN=C(N)N)C(=O)O. The summed E-state index contributed by atoms with van der Waals surface area (Å²) in [7, 11) is 0. The Kier molecular flexibility index (Phi) is 25.1. The maximum Gasteiger partial charge on any atom is 0.326 e. The van der Waals surface area contributed by atoms with Crippen LogP contribution < -0.4 is 60.6 Å². The molecule has 70 heavy (non-hydrogen) atoms. The Labute approximate surface area is 410 Å².